The van der Waals surface area contributed by atoms with E-state index in [0.29, 0.717) is 33.1 Å². The molecule has 0 spiro atoms. The summed E-state index contributed by atoms with van der Waals surface area (Å²) in [6.07, 6.45) is 3.74. The van der Waals surface area contributed by atoms with Crippen LogP contribution in [0.3, 0.4) is 0 Å². The van der Waals surface area contributed by atoms with Crippen molar-refractivity contribution in [3.8, 4) is 0 Å². The highest BCUT2D eigenvalue weighted by Crippen LogP contribution is 2.43. The molecule has 0 unspecified atom stereocenters. The number of benzene rings is 2. The molecule has 1 saturated carbocycles. The minimum absolute atomic E-state index is 0.179. The Bertz CT molecular complexity index is 1100. The van der Waals surface area contributed by atoms with Crippen molar-refractivity contribution in [1.29, 1.82) is 0 Å². The molecule has 1 amide bonds. The summed E-state index contributed by atoms with van der Waals surface area (Å²) in [6, 6.07) is 12.8. The third-order valence-corrected chi connectivity index (χ3v) is 8.01. The Morgan fingerprint density at radius 3 is 2.50 bits per heavy atom. The average Bonchev–Trinajstić information content (AvgIpc) is 2.93. The fourth-order valence-corrected chi connectivity index (χ4v) is 5.99. The lowest BCUT2D eigenvalue weighted by Gasteiger charge is -2.31. The standard InChI is InChI=1S/C28H33Cl2NO4S/c1-28(2,3)17-31-23-14-13-18(29)15-21(23)26(20-11-7-8-12-22(20)30)34-24(27(31)33)16-25(32)35-36-19-9-5-4-6-10-19/h7-8,11-15,19,24,26H,4-6,9-10,16-17H2,1-3H3/t24-,26-/m1/s1. The van der Waals surface area contributed by atoms with E-state index in [2.05, 4.69) is 20.8 Å². The topological polar surface area (TPSA) is 55.8 Å². The van der Waals surface area contributed by atoms with Crippen molar-refractivity contribution in [2.24, 2.45) is 5.41 Å². The number of carbonyl (C=O) groups excluding carboxylic acids is 2. The van der Waals surface area contributed by atoms with Crippen LogP contribution in [0.1, 0.15) is 76.5 Å². The van der Waals surface area contributed by atoms with E-state index in [1.54, 1.807) is 17.0 Å². The van der Waals surface area contributed by atoms with E-state index in [4.69, 9.17) is 32.1 Å². The second-order valence-corrected chi connectivity index (χ2v) is 12.6. The van der Waals surface area contributed by atoms with Crippen LogP contribution < -0.4 is 4.90 Å². The largest absolute Gasteiger partial charge is 0.391 e. The van der Waals surface area contributed by atoms with Crippen molar-refractivity contribution in [3.63, 3.8) is 0 Å². The van der Waals surface area contributed by atoms with Gasteiger partial charge in [-0.1, -0.05) is 81.4 Å². The summed E-state index contributed by atoms with van der Waals surface area (Å²) >= 11 is 14.2. The lowest BCUT2D eigenvalue weighted by Crippen LogP contribution is -2.44. The molecule has 194 valence electrons. The third-order valence-electron chi connectivity index (χ3n) is 6.41. The van der Waals surface area contributed by atoms with Gasteiger partial charge in [0.05, 0.1) is 18.5 Å². The smallest absolute Gasteiger partial charge is 0.321 e. The van der Waals surface area contributed by atoms with Crippen LogP contribution in [0.4, 0.5) is 5.69 Å². The first kappa shape index (κ1) is 27.3. The number of amides is 1. The zero-order valence-corrected chi connectivity index (χ0v) is 23.3. The summed E-state index contributed by atoms with van der Waals surface area (Å²) in [6.45, 7) is 6.65. The van der Waals surface area contributed by atoms with Gasteiger partial charge in [0.2, 0.25) is 0 Å². The highest BCUT2D eigenvalue weighted by atomic mass is 35.5. The summed E-state index contributed by atoms with van der Waals surface area (Å²) in [4.78, 5) is 28.5. The van der Waals surface area contributed by atoms with Crippen LogP contribution in [-0.2, 0) is 18.5 Å². The molecule has 0 N–H and O–H groups in total. The van der Waals surface area contributed by atoms with E-state index in [9.17, 15) is 9.59 Å². The molecule has 2 aromatic carbocycles. The molecular weight excluding hydrogens is 517 g/mol. The maximum Gasteiger partial charge on any atom is 0.321 e. The predicted molar refractivity (Wildman–Crippen MR) is 147 cm³/mol. The Morgan fingerprint density at radius 2 is 1.81 bits per heavy atom. The summed E-state index contributed by atoms with van der Waals surface area (Å²) in [5.74, 6) is -0.732. The summed E-state index contributed by atoms with van der Waals surface area (Å²) in [7, 11) is 0. The second kappa shape index (κ2) is 11.8. The SMILES string of the molecule is CC(C)(C)CN1C(=O)[C@@H](CC(=O)OSC2CCCCC2)O[C@H](c2ccccc2Cl)c2cc(Cl)ccc21. The van der Waals surface area contributed by atoms with Gasteiger partial charge in [-0.2, -0.15) is 0 Å². The Balaban J connectivity index is 1.67. The van der Waals surface area contributed by atoms with Crippen LogP contribution in [0.25, 0.3) is 0 Å². The molecule has 0 saturated heterocycles. The summed E-state index contributed by atoms with van der Waals surface area (Å²) in [5.41, 5.74) is 1.96. The molecule has 2 atom stereocenters. The zero-order valence-electron chi connectivity index (χ0n) is 21.0. The van der Waals surface area contributed by atoms with E-state index in [1.807, 2.05) is 30.3 Å². The molecule has 5 nitrogen and oxygen atoms in total. The molecular formula is C28H33Cl2NO4S. The Morgan fingerprint density at radius 1 is 1.08 bits per heavy atom. The first-order chi connectivity index (χ1) is 17.1. The molecule has 1 heterocycles. The molecule has 1 fully saturated rings. The van der Waals surface area contributed by atoms with Crippen LogP contribution in [0.5, 0.6) is 0 Å². The Labute approximate surface area is 228 Å². The first-order valence-electron chi connectivity index (χ1n) is 12.5. The number of fused-ring (bicyclic) bond motifs is 1. The van der Waals surface area contributed by atoms with E-state index in [1.165, 1.54) is 18.5 Å². The molecule has 2 aliphatic rings. The number of nitrogens with zero attached hydrogens (tertiary/aromatic N) is 1. The minimum atomic E-state index is -1.03. The molecule has 1 aliphatic carbocycles. The van der Waals surface area contributed by atoms with E-state index < -0.39 is 18.2 Å². The second-order valence-electron chi connectivity index (χ2n) is 10.7. The van der Waals surface area contributed by atoms with Crippen LogP contribution in [0.15, 0.2) is 42.5 Å². The van der Waals surface area contributed by atoms with Gasteiger partial charge in [-0.25, -0.2) is 0 Å². The number of ether oxygens (including phenoxy) is 1. The molecule has 0 aromatic heterocycles. The third kappa shape index (κ3) is 6.77. The molecule has 36 heavy (non-hydrogen) atoms. The van der Waals surface area contributed by atoms with Gasteiger partial charge in [-0.3, -0.25) is 9.59 Å². The Hall–Kier alpha value is -1.73. The van der Waals surface area contributed by atoms with Gasteiger partial charge in [0.15, 0.2) is 0 Å². The van der Waals surface area contributed by atoms with Gasteiger partial charge in [-0.05, 0) is 42.5 Å². The highest BCUT2D eigenvalue weighted by Gasteiger charge is 2.40. The fraction of sp³-hybridized carbons (Fsp3) is 0.500. The normalized spacial score (nSPS) is 21.1. The molecule has 0 bridgehead atoms. The van der Waals surface area contributed by atoms with Gasteiger partial charge < -0.3 is 13.8 Å². The number of hydrogen-bond donors (Lipinski definition) is 0. The molecule has 0 radical (unpaired) electrons. The summed E-state index contributed by atoms with van der Waals surface area (Å²) in [5, 5.41) is 1.35. The minimum Gasteiger partial charge on any atom is -0.391 e. The average molecular weight is 551 g/mol. The monoisotopic (exact) mass is 549 g/mol. The Kier molecular flexibility index (Phi) is 8.92. The van der Waals surface area contributed by atoms with Crippen LogP contribution in [0, 0.1) is 5.41 Å². The zero-order chi connectivity index (χ0) is 25.9. The maximum atomic E-state index is 13.9. The number of rotatable bonds is 6. The number of halogens is 2. The number of carbonyl (C=O) groups is 2. The molecule has 8 heteroatoms. The molecule has 4 rings (SSSR count). The van der Waals surface area contributed by atoms with Crippen molar-refractivity contribution in [2.45, 2.75) is 76.8 Å². The number of hydrogen-bond acceptors (Lipinski definition) is 5. The lowest BCUT2D eigenvalue weighted by atomic mass is 9.94. The maximum absolute atomic E-state index is 13.9. The van der Waals surface area contributed by atoms with E-state index >= 15 is 0 Å². The van der Waals surface area contributed by atoms with Crippen molar-refractivity contribution < 1.29 is 18.5 Å². The van der Waals surface area contributed by atoms with Crippen molar-refractivity contribution in [3.05, 3.63) is 63.6 Å². The van der Waals surface area contributed by atoms with E-state index in [-0.39, 0.29) is 17.7 Å². The van der Waals surface area contributed by atoms with Crippen molar-refractivity contribution >= 4 is 52.8 Å². The fourth-order valence-electron chi connectivity index (χ4n) is 4.74. The molecule has 1 aliphatic heterocycles. The van der Waals surface area contributed by atoms with Gasteiger partial charge in [0.1, 0.15) is 12.2 Å². The van der Waals surface area contributed by atoms with E-state index in [0.717, 1.165) is 31.2 Å². The van der Waals surface area contributed by atoms with Crippen molar-refractivity contribution in [1.82, 2.24) is 0 Å². The van der Waals surface area contributed by atoms with Crippen LogP contribution in [-0.4, -0.2) is 29.8 Å². The van der Waals surface area contributed by atoms with Crippen LogP contribution >= 0.6 is 35.2 Å². The molecule has 2 aromatic rings. The number of anilines is 1. The van der Waals surface area contributed by atoms with Gasteiger partial charge in [-0.15, -0.1) is 0 Å². The van der Waals surface area contributed by atoms with Gasteiger partial charge >= 0.3 is 5.97 Å². The predicted octanol–water partition coefficient (Wildman–Crippen LogP) is 7.77. The van der Waals surface area contributed by atoms with Gasteiger partial charge in [0, 0.05) is 38.7 Å². The summed E-state index contributed by atoms with van der Waals surface area (Å²) < 4.78 is 12.0. The highest BCUT2D eigenvalue weighted by molar-refractivity contribution is 7.95. The van der Waals surface area contributed by atoms with Crippen molar-refractivity contribution in [2.75, 3.05) is 11.4 Å². The van der Waals surface area contributed by atoms with Gasteiger partial charge in [0.25, 0.3) is 5.91 Å². The quantitative estimate of drug-likeness (QED) is 0.344. The first-order valence-corrected chi connectivity index (χ1v) is 14.1. The lowest BCUT2D eigenvalue weighted by molar-refractivity contribution is -0.144. The van der Waals surface area contributed by atoms with Crippen LogP contribution in [0.2, 0.25) is 10.0 Å².